The van der Waals surface area contributed by atoms with Crippen molar-refractivity contribution in [3.8, 4) is 0 Å². The van der Waals surface area contributed by atoms with Gasteiger partial charge in [-0.3, -0.25) is 14.5 Å². The molecule has 0 aromatic rings. The van der Waals surface area contributed by atoms with Crippen LogP contribution in [0.5, 0.6) is 0 Å². The Morgan fingerprint density at radius 2 is 1.79 bits per heavy atom. The Morgan fingerprint density at radius 3 is 2.42 bits per heavy atom. The number of likely N-dealkylation sites (tertiary alicyclic amines) is 1. The lowest BCUT2D eigenvalue weighted by Crippen LogP contribution is -2.43. The van der Waals surface area contributed by atoms with Gasteiger partial charge in [0.1, 0.15) is 0 Å². The molecule has 2 fully saturated rings. The van der Waals surface area contributed by atoms with Crippen LogP contribution >= 0.6 is 0 Å². The lowest BCUT2D eigenvalue weighted by atomic mass is 9.95. The first-order chi connectivity index (χ1) is 11.6. The van der Waals surface area contributed by atoms with Gasteiger partial charge in [0.2, 0.25) is 11.8 Å². The van der Waals surface area contributed by atoms with Crippen LogP contribution < -0.4 is 5.32 Å². The predicted molar refractivity (Wildman–Crippen MR) is 93.6 cm³/mol. The molecule has 2 aliphatic rings. The number of amides is 2. The van der Waals surface area contributed by atoms with E-state index in [-0.39, 0.29) is 17.7 Å². The second kappa shape index (κ2) is 9.99. The molecule has 138 valence electrons. The van der Waals surface area contributed by atoms with E-state index in [1.54, 1.807) is 0 Å². The Morgan fingerprint density at radius 1 is 1.12 bits per heavy atom. The van der Waals surface area contributed by atoms with E-state index >= 15 is 0 Å². The molecule has 0 unspecified atom stereocenters. The minimum atomic E-state index is 0.0662. The maximum atomic E-state index is 12.3. The van der Waals surface area contributed by atoms with Gasteiger partial charge in [0.15, 0.2) is 0 Å². The van der Waals surface area contributed by atoms with Crippen LogP contribution in [0.1, 0.15) is 39.5 Å². The van der Waals surface area contributed by atoms with Gasteiger partial charge in [-0.15, -0.1) is 0 Å². The lowest BCUT2D eigenvalue weighted by Gasteiger charge is -2.32. The van der Waals surface area contributed by atoms with E-state index in [9.17, 15) is 9.59 Å². The summed E-state index contributed by atoms with van der Waals surface area (Å²) in [5.74, 6) is 0.851. The van der Waals surface area contributed by atoms with Crippen molar-refractivity contribution in [2.75, 3.05) is 52.5 Å². The van der Waals surface area contributed by atoms with Crippen molar-refractivity contribution in [2.24, 2.45) is 11.8 Å². The Balaban J connectivity index is 1.57. The van der Waals surface area contributed by atoms with Crippen LogP contribution in [0.25, 0.3) is 0 Å². The van der Waals surface area contributed by atoms with Crippen LogP contribution in [0.2, 0.25) is 0 Å². The van der Waals surface area contributed by atoms with E-state index in [0.717, 1.165) is 71.7 Å². The SMILES string of the molecule is CC(C)CC(=O)N1CCC(C(=O)NCCCN2CCOCC2)CC1. The molecule has 0 atom stereocenters. The molecule has 0 aliphatic carbocycles. The van der Waals surface area contributed by atoms with Gasteiger partial charge in [0, 0.05) is 45.1 Å². The van der Waals surface area contributed by atoms with E-state index in [1.165, 1.54) is 0 Å². The highest BCUT2D eigenvalue weighted by Gasteiger charge is 2.27. The van der Waals surface area contributed by atoms with Crippen LogP contribution in [0.15, 0.2) is 0 Å². The number of carbonyl (C=O) groups excluding carboxylic acids is 2. The summed E-state index contributed by atoms with van der Waals surface area (Å²) in [4.78, 5) is 28.6. The quantitative estimate of drug-likeness (QED) is 0.706. The summed E-state index contributed by atoms with van der Waals surface area (Å²) in [6, 6.07) is 0. The molecule has 0 spiro atoms. The molecular formula is C18H33N3O3. The molecule has 2 aliphatic heterocycles. The first-order valence-electron chi connectivity index (χ1n) is 9.42. The van der Waals surface area contributed by atoms with Crippen LogP contribution in [0, 0.1) is 11.8 Å². The van der Waals surface area contributed by atoms with Gasteiger partial charge in [-0.1, -0.05) is 13.8 Å². The summed E-state index contributed by atoms with van der Waals surface area (Å²) in [7, 11) is 0. The molecule has 24 heavy (non-hydrogen) atoms. The summed E-state index contributed by atoms with van der Waals surface area (Å²) >= 11 is 0. The van der Waals surface area contributed by atoms with Crippen LogP contribution in [-0.4, -0.2) is 74.1 Å². The average Bonchev–Trinajstić information content (AvgIpc) is 2.59. The van der Waals surface area contributed by atoms with Gasteiger partial charge >= 0.3 is 0 Å². The Labute approximate surface area is 145 Å². The zero-order chi connectivity index (χ0) is 17.4. The summed E-state index contributed by atoms with van der Waals surface area (Å²) in [6.07, 6.45) is 3.17. The van der Waals surface area contributed by atoms with E-state index < -0.39 is 0 Å². The van der Waals surface area contributed by atoms with Crippen LogP contribution in [0.4, 0.5) is 0 Å². The topological polar surface area (TPSA) is 61.9 Å². The van der Waals surface area contributed by atoms with Gasteiger partial charge in [0.25, 0.3) is 0 Å². The van der Waals surface area contributed by atoms with Crippen molar-refractivity contribution in [3.63, 3.8) is 0 Å². The Bertz CT molecular complexity index is 400. The van der Waals surface area contributed by atoms with Crippen molar-refractivity contribution in [3.05, 3.63) is 0 Å². The number of piperidine rings is 1. The molecule has 2 amide bonds. The zero-order valence-electron chi connectivity index (χ0n) is 15.3. The minimum absolute atomic E-state index is 0.0662. The maximum Gasteiger partial charge on any atom is 0.223 e. The molecule has 0 radical (unpaired) electrons. The van der Waals surface area contributed by atoms with E-state index in [1.807, 2.05) is 4.90 Å². The Kier molecular flexibility index (Phi) is 7.99. The third-order valence-corrected chi connectivity index (χ3v) is 4.86. The van der Waals surface area contributed by atoms with Gasteiger partial charge in [-0.2, -0.15) is 0 Å². The van der Waals surface area contributed by atoms with Crippen molar-refractivity contribution in [2.45, 2.75) is 39.5 Å². The monoisotopic (exact) mass is 339 g/mol. The third-order valence-electron chi connectivity index (χ3n) is 4.86. The smallest absolute Gasteiger partial charge is 0.223 e. The molecule has 2 saturated heterocycles. The largest absolute Gasteiger partial charge is 0.379 e. The highest BCUT2D eigenvalue weighted by molar-refractivity contribution is 5.80. The Hall–Kier alpha value is -1.14. The van der Waals surface area contributed by atoms with E-state index in [2.05, 4.69) is 24.1 Å². The van der Waals surface area contributed by atoms with Crippen molar-refractivity contribution >= 4 is 11.8 Å². The molecule has 6 heteroatoms. The fourth-order valence-electron chi connectivity index (χ4n) is 3.35. The fraction of sp³-hybridized carbons (Fsp3) is 0.889. The molecule has 6 nitrogen and oxygen atoms in total. The van der Waals surface area contributed by atoms with E-state index in [0.29, 0.717) is 12.3 Å². The summed E-state index contributed by atoms with van der Waals surface area (Å²) in [6.45, 7) is 11.0. The molecule has 1 N–H and O–H groups in total. The molecule has 2 heterocycles. The lowest BCUT2D eigenvalue weighted by molar-refractivity contribution is -0.136. The van der Waals surface area contributed by atoms with Gasteiger partial charge in [0.05, 0.1) is 13.2 Å². The molecule has 0 saturated carbocycles. The number of ether oxygens (including phenoxy) is 1. The first-order valence-corrected chi connectivity index (χ1v) is 9.42. The number of morpholine rings is 1. The number of carbonyl (C=O) groups is 2. The normalized spacial score (nSPS) is 20.4. The maximum absolute atomic E-state index is 12.3. The first kappa shape index (κ1) is 19.2. The fourth-order valence-corrected chi connectivity index (χ4v) is 3.35. The van der Waals surface area contributed by atoms with Crippen molar-refractivity contribution in [1.82, 2.24) is 15.1 Å². The van der Waals surface area contributed by atoms with Gasteiger partial charge in [-0.05, 0) is 31.7 Å². The highest BCUT2D eigenvalue weighted by atomic mass is 16.5. The van der Waals surface area contributed by atoms with E-state index in [4.69, 9.17) is 4.74 Å². The summed E-state index contributed by atoms with van der Waals surface area (Å²) < 4.78 is 5.33. The average molecular weight is 339 g/mol. The molecule has 0 aromatic carbocycles. The highest BCUT2D eigenvalue weighted by Crippen LogP contribution is 2.19. The standard InChI is InChI=1S/C18H33N3O3/c1-15(2)14-17(22)21-8-4-16(5-9-21)18(23)19-6-3-7-20-10-12-24-13-11-20/h15-16H,3-14H2,1-2H3,(H,19,23). The molecule has 0 bridgehead atoms. The zero-order valence-corrected chi connectivity index (χ0v) is 15.3. The second-order valence-corrected chi connectivity index (χ2v) is 7.35. The summed E-state index contributed by atoms with van der Waals surface area (Å²) in [5.41, 5.74) is 0. The number of nitrogens with zero attached hydrogens (tertiary/aromatic N) is 2. The molecule has 0 aromatic heterocycles. The second-order valence-electron chi connectivity index (χ2n) is 7.35. The summed E-state index contributed by atoms with van der Waals surface area (Å²) in [5, 5.41) is 3.07. The number of hydrogen-bond acceptors (Lipinski definition) is 4. The molecular weight excluding hydrogens is 306 g/mol. The molecule has 2 rings (SSSR count). The number of hydrogen-bond donors (Lipinski definition) is 1. The third kappa shape index (κ3) is 6.40. The predicted octanol–water partition coefficient (Wildman–Crippen LogP) is 1.11. The van der Waals surface area contributed by atoms with Gasteiger partial charge in [-0.25, -0.2) is 0 Å². The van der Waals surface area contributed by atoms with Crippen molar-refractivity contribution in [1.29, 1.82) is 0 Å². The minimum Gasteiger partial charge on any atom is -0.379 e. The van der Waals surface area contributed by atoms with Gasteiger partial charge < -0.3 is 15.0 Å². The number of rotatable bonds is 7. The van der Waals surface area contributed by atoms with Crippen LogP contribution in [0.3, 0.4) is 0 Å². The van der Waals surface area contributed by atoms with Crippen molar-refractivity contribution < 1.29 is 14.3 Å². The van der Waals surface area contributed by atoms with Crippen LogP contribution in [-0.2, 0) is 14.3 Å². The number of nitrogens with one attached hydrogen (secondary N) is 1.